The third-order valence-corrected chi connectivity index (χ3v) is 2.09. The molecule has 1 amide bonds. The number of ether oxygens (including phenoxy) is 2. The summed E-state index contributed by atoms with van der Waals surface area (Å²) in [5.74, 6) is -0.517. The van der Waals surface area contributed by atoms with Gasteiger partial charge in [-0.25, -0.2) is 9.59 Å². The van der Waals surface area contributed by atoms with Gasteiger partial charge < -0.3 is 9.47 Å². The molecule has 0 saturated heterocycles. The molecule has 0 aliphatic rings. The van der Waals surface area contributed by atoms with E-state index in [-0.39, 0.29) is 0 Å². The van der Waals surface area contributed by atoms with E-state index in [0.717, 1.165) is 6.42 Å². The molecular weight excluding hydrogens is 236 g/mol. The first kappa shape index (κ1) is 16.7. The smallest absolute Gasteiger partial charge is 0.409 e. The molecule has 0 radical (unpaired) electrons. The average molecular weight is 260 g/mol. The Morgan fingerprint density at radius 1 is 1.33 bits per heavy atom. The number of carbonyl (C=O) groups is 2. The Kier molecular flexibility index (Phi) is 6.68. The van der Waals surface area contributed by atoms with E-state index in [4.69, 9.17) is 4.74 Å². The zero-order chi connectivity index (χ0) is 14.3. The fourth-order valence-corrected chi connectivity index (χ4v) is 1.36. The number of hydrogen-bond acceptors (Lipinski definition) is 5. The number of hydrogen-bond donors (Lipinski definition) is 1. The fraction of sp³-hybridized carbons (Fsp3) is 0.833. The van der Waals surface area contributed by atoms with Gasteiger partial charge in [-0.15, -0.1) is 0 Å². The van der Waals surface area contributed by atoms with Gasteiger partial charge in [0.1, 0.15) is 5.60 Å². The van der Waals surface area contributed by atoms with Gasteiger partial charge >= 0.3 is 12.1 Å². The highest BCUT2D eigenvalue weighted by Crippen LogP contribution is 2.07. The van der Waals surface area contributed by atoms with Crippen LogP contribution < -0.4 is 5.32 Å². The van der Waals surface area contributed by atoms with E-state index in [1.165, 1.54) is 7.11 Å². The van der Waals surface area contributed by atoms with E-state index in [0.29, 0.717) is 6.54 Å². The second-order valence-corrected chi connectivity index (χ2v) is 5.05. The lowest BCUT2D eigenvalue weighted by Gasteiger charge is -2.27. The topological polar surface area (TPSA) is 67.9 Å². The van der Waals surface area contributed by atoms with Gasteiger partial charge in [0, 0.05) is 6.54 Å². The van der Waals surface area contributed by atoms with Crippen molar-refractivity contribution < 1.29 is 19.1 Å². The highest BCUT2D eigenvalue weighted by atomic mass is 16.6. The van der Waals surface area contributed by atoms with Gasteiger partial charge in [-0.1, -0.05) is 6.92 Å². The van der Waals surface area contributed by atoms with E-state index in [1.807, 2.05) is 6.92 Å². The zero-order valence-electron chi connectivity index (χ0n) is 12.1. The lowest BCUT2D eigenvalue weighted by Crippen LogP contribution is -2.53. The quantitative estimate of drug-likeness (QED) is 0.597. The number of likely N-dealkylation sites (N-methyl/N-ethyl adjacent to an activating group) is 1. The van der Waals surface area contributed by atoms with Crippen LogP contribution in [0.15, 0.2) is 0 Å². The van der Waals surface area contributed by atoms with Gasteiger partial charge in [0.05, 0.1) is 7.11 Å². The Bertz CT molecular complexity index is 286. The highest BCUT2D eigenvalue weighted by Gasteiger charge is 2.27. The largest absolute Gasteiger partial charge is 0.466 e. The van der Waals surface area contributed by atoms with Crippen molar-refractivity contribution in [2.45, 2.75) is 45.9 Å². The molecule has 6 nitrogen and oxygen atoms in total. The van der Waals surface area contributed by atoms with Crippen molar-refractivity contribution in [1.82, 2.24) is 10.2 Å². The summed E-state index contributed by atoms with van der Waals surface area (Å²) in [5, 5.41) is 2.50. The maximum Gasteiger partial charge on any atom is 0.409 e. The number of esters is 1. The highest BCUT2D eigenvalue weighted by molar-refractivity contribution is 5.80. The van der Waals surface area contributed by atoms with E-state index in [1.54, 1.807) is 32.7 Å². The normalized spacial score (nSPS) is 13.1. The molecule has 0 spiro atoms. The predicted molar refractivity (Wildman–Crippen MR) is 68.1 cm³/mol. The Balaban J connectivity index is 4.59. The number of amides is 1. The number of nitrogens with zero attached hydrogens (tertiary/aromatic N) is 1. The molecule has 0 bridgehead atoms. The van der Waals surface area contributed by atoms with Crippen LogP contribution in [0.1, 0.15) is 34.1 Å². The molecule has 1 atom stereocenters. The molecule has 0 heterocycles. The van der Waals surface area contributed by atoms with E-state index in [2.05, 4.69) is 10.1 Å². The third kappa shape index (κ3) is 6.44. The number of carbonyl (C=O) groups excluding carboxylic acids is 2. The first-order valence-corrected chi connectivity index (χ1v) is 5.98. The van der Waals surface area contributed by atoms with E-state index < -0.39 is 23.8 Å². The van der Waals surface area contributed by atoms with Crippen molar-refractivity contribution in [3.63, 3.8) is 0 Å². The summed E-state index contributed by atoms with van der Waals surface area (Å²) in [6.07, 6.45) is -0.606. The van der Waals surface area contributed by atoms with Crippen LogP contribution >= 0.6 is 0 Å². The molecule has 0 aliphatic heterocycles. The van der Waals surface area contributed by atoms with Crippen molar-refractivity contribution in [3.05, 3.63) is 0 Å². The number of alkyl carbamates (subject to hydrolysis) is 1. The van der Waals surface area contributed by atoms with Crippen LogP contribution in [0.25, 0.3) is 0 Å². The second-order valence-electron chi connectivity index (χ2n) is 5.05. The van der Waals surface area contributed by atoms with Gasteiger partial charge in [0.25, 0.3) is 0 Å². The molecule has 1 unspecified atom stereocenters. The molecule has 1 N–H and O–H groups in total. The minimum Gasteiger partial charge on any atom is -0.466 e. The SMILES string of the molecule is CCCN(C)C(NC(=O)OC(C)(C)C)C(=O)OC. The number of nitrogens with one attached hydrogen (secondary N) is 1. The molecule has 106 valence electrons. The van der Waals surface area contributed by atoms with Crippen LogP contribution in [0.2, 0.25) is 0 Å². The second kappa shape index (κ2) is 7.20. The van der Waals surface area contributed by atoms with Crippen molar-refractivity contribution in [2.75, 3.05) is 20.7 Å². The van der Waals surface area contributed by atoms with E-state index >= 15 is 0 Å². The first-order valence-electron chi connectivity index (χ1n) is 5.98. The minimum atomic E-state index is -0.829. The Morgan fingerprint density at radius 2 is 1.89 bits per heavy atom. The van der Waals surface area contributed by atoms with Gasteiger partial charge in [0.2, 0.25) is 0 Å². The van der Waals surface area contributed by atoms with Crippen LogP contribution in [0.5, 0.6) is 0 Å². The van der Waals surface area contributed by atoms with Crippen LogP contribution in [-0.4, -0.2) is 49.4 Å². The molecule has 0 aromatic heterocycles. The molecule has 6 heteroatoms. The van der Waals surface area contributed by atoms with Crippen LogP contribution in [-0.2, 0) is 14.3 Å². The van der Waals surface area contributed by atoms with Crippen LogP contribution in [0.3, 0.4) is 0 Å². The lowest BCUT2D eigenvalue weighted by atomic mass is 10.2. The zero-order valence-corrected chi connectivity index (χ0v) is 12.1. The summed E-state index contributed by atoms with van der Waals surface area (Å²) in [6, 6.07) is 0. The van der Waals surface area contributed by atoms with Crippen molar-refractivity contribution in [3.8, 4) is 0 Å². The molecule has 0 rings (SSSR count). The first-order chi connectivity index (χ1) is 8.21. The third-order valence-electron chi connectivity index (χ3n) is 2.09. The Hall–Kier alpha value is -1.30. The molecule has 0 aromatic rings. The van der Waals surface area contributed by atoms with Crippen molar-refractivity contribution in [1.29, 1.82) is 0 Å². The molecule has 0 aromatic carbocycles. The maximum atomic E-state index is 11.6. The minimum absolute atomic E-state index is 0.517. The Labute approximate surface area is 109 Å². The van der Waals surface area contributed by atoms with Crippen molar-refractivity contribution >= 4 is 12.1 Å². The molecule has 0 fully saturated rings. The predicted octanol–water partition coefficient (Wildman–Crippen LogP) is 1.35. The average Bonchev–Trinajstić information content (AvgIpc) is 2.22. The summed E-state index contributed by atoms with van der Waals surface area (Å²) >= 11 is 0. The van der Waals surface area contributed by atoms with Gasteiger partial charge in [0.15, 0.2) is 6.17 Å². The molecular formula is C12H24N2O4. The summed E-state index contributed by atoms with van der Waals surface area (Å²) < 4.78 is 9.77. The summed E-state index contributed by atoms with van der Waals surface area (Å²) in [6.45, 7) is 7.92. The van der Waals surface area contributed by atoms with Gasteiger partial charge in [-0.2, -0.15) is 0 Å². The number of methoxy groups -OCH3 is 1. The van der Waals surface area contributed by atoms with E-state index in [9.17, 15) is 9.59 Å². The van der Waals surface area contributed by atoms with Gasteiger partial charge in [-0.05, 0) is 34.2 Å². The number of rotatable bonds is 5. The standard InChI is InChI=1S/C12H24N2O4/c1-7-8-14(5)9(10(15)17-6)13-11(16)18-12(2,3)4/h9H,7-8H2,1-6H3,(H,13,16). The van der Waals surface area contributed by atoms with Crippen LogP contribution in [0, 0.1) is 0 Å². The summed E-state index contributed by atoms with van der Waals surface area (Å²) in [5.41, 5.74) is -0.603. The fourth-order valence-electron chi connectivity index (χ4n) is 1.36. The molecule has 18 heavy (non-hydrogen) atoms. The Morgan fingerprint density at radius 3 is 2.28 bits per heavy atom. The molecule has 0 saturated carbocycles. The maximum absolute atomic E-state index is 11.6. The van der Waals surface area contributed by atoms with Crippen molar-refractivity contribution in [2.24, 2.45) is 0 Å². The molecule has 0 aliphatic carbocycles. The van der Waals surface area contributed by atoms with Crippen LogP contribution in [0.4, 0.5) is 4.79 Å². The van der Waals surface area contributed by atoms with Gasteiger partial charge in [-0.3, -0.25) is 10.2 Å². The monoisotopic (exact) mass is 260 g/mol. The lowest BCUT2D eigenvalue weighted by molar-refractivity contribution is -0.147. The summed E-state index contributed by atoms with van der Waals surface area (Å²) in [7, 11) is 3.02. The summed E-state index contributed by atoms with van der Waals surface area (Å²) in [4.78, 5) is 24.9.